The maximum atomic E-state index is 11.6. The first-order chi connectivity index (χ1) is 10.6. The summed E-state index contributed by atoms with van der Waals surface area (Å²) >= 11 is 3.32. The second-order valence-corrected chi connectivity index (χ2v) is 5.17. The van der Waals surface area contributed by atoms with Gasteiger partial charge in [-0.2, -0.15) is 5.10 Å². The van der Waals surface area contributed by atoms with Crippen LogP contribution in [-0.2, 0) is 16.1 Å². The Morgan fingerprint density at radius 2 is 1.91 bits per heavy atom. The van der Waals surface area contributed by atoms with Crippen molar-refractivity contribution in [1.29, 1.82) is 0 Å². The molecular formula is C15H13BrN4O2. The minimum absolute atomic E-state index is 0.184. The summed E-state index contributed by atoms with van der Waals surface area (Å²) in [5.74, 6) is -1.59. The van der Waals surface area contributed by atoms with Crippen LogP contribution in [0.3, 0.4) is 0 Å². The van der Waals surface area contributed by atoms with E-state index in [9.17, 15) is 9.59 Å². The quantitative estimate of drug-likeness (QED) is 0.493. The molecule has 0 bridgehead atoms. The fraction of sp³-hybridized carbons (Fsp3) is 0.0667. The van der Waals surface area contributed by atoms with Crippen LogP contribution in [0.5, 0.6) is 0 Å². The summed E-state index contributed by atoms with van der Waals surface area (Å²) in [5.41, 5.74) is 3.64. The fourth-order valence-corrected chi connectivity index (χ4v) is 1.78. The summed E-state index contributed by atoms with van der Waals surface area (Å²) in [6.07, 6.45) is 3.07. The molecule has 1 aromatic heterocycles. The Hall–Kier alpha value is -2.54. The number of halogens is 1. The van der Waals surface area contributed by atoms with Crippen molar-refractivity contribution in [1.82, 2.24) is 15.7 Å². The first-order valence-corrected chi connectivity index (χ1v) is 7.21. The SMILES string of the molecule is O=C(NCc1ccccn1)C(=O)N/N=C\c1ccc(Br)cc1. The number of pyridine rings is 1. The Morgan fingerprint density at radius 1 is 1.14 bits per heavy atom. The second kappa shape index (κ2) is 8.04. The molecule has 0 fully saturated rings. The molecule has 2 amide bonds. The lowest BCUT2D eigenvalue weighted by Gasteiger charge is -2.03. The number of nitrogens with zero attached hydrogens (tertiary/aromatic N) is 2. The van der Waals surface area contributed by atoms with Crippen molar-refractivity contribution >= 4 is 34.0 Å². The highest BCUT2D eigenvalue weighted by atomic mass is 79.9. The Bertz CT molecular complexity index is 672. The number of rotatable bonds is 4. The summed E-state index contributed by atoms with van der Waals surface area (Å²) in [7, 11) is 0. The molecule has 1 aromatic carbocycles. The van der Waals surface area contributed by atoms with E-state index in [1.165, 1.54) is 6.21 Å². The zero-order valence-corrected chi connectivity index (χ0v) is 13.1. The Balaban J connectivity index is 1.79. The molecule has 0 unspecified atom stereocenters. The molecule has 2 aromatic rings. The highest BCUT2D eigenvalue weighted by molar-refractivity contribution is 9.10. The molecule has 0 saturated heterocycles. The first kappa shape index (κ1) is 15.8. The van der Waals surface area contributed by atoms with Gasteiger partial charge in [-0.15, -0.1) is 0 Å². The van der Waals surface area contributed by atoms with Gasteiger partial charge in [-0.3, -0.25) is 14.6 Å². The van der Waals surface area contributed by atoms with Crippen LogP contribution in [-0.4, -0.2) is 23.0 Å². The summed E-state index contributed by atoms with van der Waals surface area (Å²) in [6, 6.07) is 12.7. The van der Waals surface area contributed by atoms with Crippen molar-refractivity contribution in [2.45, 2.75) is 6.54 Å². The van der Waals surface area contributed by atoms with Crippen LogP contribution in [0.4, 0.5) is 0 Å². The fourth-order valence-electron chi connectivity index (χ4n) is 1.52. The van der Waals surface area contributed by atoms with Gasteiger partial charge in [0, 0.05) is 10.7 Å². The van der Waals surface area contributed by atoms with E-state index in [0.717, 1.165) is 10.0 Å². The number of aromatic nitrogens is 1. The molecule has 1 heterocycles. The number of hydrogen-bond acceptors (Lipinski definition) is 4. The van der Waals surface area contributed by atoms with Gasteiger partial charge < -0.3 is 5.32 Å². The highest BCUT2D eigenvalue weighted by Gasteiger charge is 2.11. The van der Waals surface area contributed by atoms with Crippen molar-refractivity contribution in [3.63, 3.8) is 0 Å². The summed E-state index contributed by atoms with van der Waals surface area (Å²) in [5, 5.41) is 6.19. The lowest BCUT2D eigenvalue weighted by molar-refractivity contribution is -0.139. The molecule has 0 aliphatic heterocycles. The standard InChI is InChI=1S/C15H13BrN4O2/c16-12-6-4-11(5-7-12)9-19-20-15(22)14(21)18-10-13-3-1-2-8-17-13/h1-9H,10H2,(H,18,21)(H,20,22)/b19-9-. The third-order valence-corrected chi connectivity index (χ3v) is 3.14. The van der Waals surface area contributed by atoms with E-state index in [-0.39, 0.29) is 6.54 Å². The third-order valence-electron chi connectivity index (χ3n) is 2.61. The van der Waals surface area contributed by atoms with E-state index in [2.05, 4.69) is 36.8 Å². The molecule has 0 atom stereocenters. The molecule has 0 saturated carbocycles. The van der Waals surface area contributed by atoms with Crippen LogP contribution < -0.4 is 10.7 Å². The van der Waals surface area contributed by atoms with Gasteiger partial charge in [0.1, 0.15) is 0 Å². The van der Waals surface area contributed by atoms with Crippen LogP contribution >= 0.6 is 15.9 Å². The van der Waals surface area contributed by atoms with E-state index in [0.29, 0.717) is 5.69 Å². The summed E-state index contributed by atoms with van der Waals surface area (Å²) < 4.78 is 0.947. The topological polar surface area (TPSA) is 83.5 Å². The third kappa shape index (κ3) is 5.10. The number of hydrazone groups is 1. The maximum Gasteiger partial charge on any atom is 0.329 e. The van der Waals surface area contributed by atoms with Gasteiger partial charge in [-0.05, 0) is 29.8 Å². The average Bonchev–Trinajstić information content (AvgIpc) is 2.55. The first-order valence-electron chi connectivity index (χ1n) is 6.42. The van der Waals surface area contributed by atoms with Crippen molar-refractivity contribution in [3.05, 3.63) is 64.4 Å². The molecule has 7 heteroatoms. The van der Waals surface area contributed by atoms with Crippen molar-refractivity contribution in [2.75, 3.05) is 0 Å². The van der Waals surface area contributed by atoms with Gasteiger partial charge >= 0.3 is 11.8 Å². The Kier molecular flexibility index (Phi) is 5.79. The van der Waals surface area contributed by atoms with Gasteiger partial charge in [-0.25, -0.2) is 5.43 Å². The van der Waals surface area contributed by atoms with Crippen LogP contribution in [0.1, 0.15) is 11.3 Å². The van der Waals surface area contributed by atoms with Gasteiger partial charge in [0.05, 0.1) is 18.5 Å². The molecule has 0 spiro atoms. The lowest BCUT2D eigenvalue weighted by atomic mass is 10.2. The molecule has 6 nitrogen and oxygen atoms in total. The molecule has 0 aliphatic rings. The normalized spacial score (nSPS) is 10.4. The zero-order valence-electron chi connectivity index (χ0n) is 11.5. The van der Waals surface area contributed by atoms with E-state index >= 15 is 0 Å². The predicted molar refractivity (Wildman–Crippen MR) is 86.0 cm³/mol. The predicted octanol–water partition coefficient (Wildman–Crippen LogP) is 1.61. The monoisotopic (exact) mass is 360 g/mol. The largest absolute Gasteiger partial charge is 0.342 e. The average molecular weight is 361 g/mol. The smallest absolute Gasteiger partial charge is 0.329 e. The molecule has 112 valence electrons. The molecule has 0 aliphatic carbocycles. The molecular weight excluding hydrogens is 348 g/mol. The van der Waals surface area contributed by atoms with E-state index in [1.54, 1.807) is 24.4 Å². The molecule has 2 rings (SSSR count). The van der Waals surface area contributed by atoms with Crippen LogP contribution in [0, 0.1) is 0 Å². The Labute approximate surface area is 135 Å². The lowest BCUT2D eigenvalue weighted by Crippen LogP contribution is -2.37. The van der Waals surface area contributed by atoms with Gasteiger partial charge in [-0.1, -0.05) is 34.1 Å². The van der Waals surface area contributed by atoms with Crippen molar-refractivity contribution in [3.8, 4) is 0 Å². The zero-order chi connectivity index (χ0) is 15.8. The molecule has 2 N–H and O–H groups in total. The van der Waals surface area contributed by atoms with Crippen molar-refractivity contribution in [2.24, 2.45) is 5.10 Å². The summed E-state index contributed by atoms with van der Waals surface area (Å²) in [4.78, 5) is 27.2. The Morgan fingerprint density at radius 3 is 2.59 bits per heavy atom. The van der Waals surface area contributed by atoms with Gasteiger partial charge in [0.15, 0.2) is 0 Å². The van der Waals surface area contributed by atoms with E-state index in [1.807, 2.05) is 24.3 Å². The van der Waals surface area contributed by atoms with Crippen LogP contribution in [0.2, 0.25) is 0 Å². The van der Waals surface area contributed by atoms with Gasteiger partial charge in [0.25, 0.3) is 0 Å². The molecule has 22 heavy (non-hydrogen) atoms. The minimum Gasteiger partial charge on any atom is -0.342 e. The van der Waals surface area contributed by atoms with E-state index < -0.39 is 11.8 Å². The van der Waals surface area contributed by atoms with Crippen LogP contribution in [0.15, 0.2) is 58.2 Å². The highest BCUT2D eigenvalue weighted by Crippen LogP contribution is 2.08. The van der Waals surface area contributed by atoms with E-state index in [4.69, 9.17) is 0 Å². The minimum atomic E-state index is -0.829. The van der Waals surface area contributed by atoms with Gasteiger partial charge in [0.2, 0.25) is 0 Å². The maximum absolute atomic E-state index is 11.6. The number of carbonyl (C=O) groups is 2. The van der Waals surface area contributed by atoms with Crippen molar-refractivity contribution < 1.29 is 9.59 Å². The number of hydrogen-bond donors (Lipinski definition) is 2. The number of benzene rings is 1. The number of carbonyl (C=O) groups excluding carboxylic acids is 2. The molecule has 0 radical (unpaired) electrons. The summed E-state index contributed by atoms with van der Waals surface area (Å²) in [6.45, 7) is 0.184. The van der Waals surface area contributed by atoms with Crippen LogP contribution in [0.25, 0.3) is 0 Å². The second-order valence-electron chi connectivity index (χ2n) is 4.25. The number of amides is 2. The number of nitrogens with one attached hydrogen (secondary N) is 2.